The number of amides is 1. The molecule has 4 aliphatic rings. The number of likely N-dealkylation sites (tertiary alicyclic amines) is 1. The predicted molar refractivity (Wildman–Crippen MR) is 146 cm³/mol. The van der Waals surface area contributed by atoms with Crippen molar-refractivity contribution in [3.05, 3.63) is 76.4 Å². The van der Waals surface area contributed by atoms with Crippen LogP contribution in [0, 0.1) is 5.41 Å². The highest BCUT2D eigenvalue weighted by molar-refractivity contribution is 6.10. The highest BCUT2D eigenvalue weighted by Gasteiger charge is 2.46. The van der Waals surface area contributed by atoms with E-state index in [2.05, 4.69) is 15.1 Å². The zero-order valence-corrected chi connectivity index (χ0v) is 23.4. The van der Waals surface area contributed by atoms with E-state index in [1.807, 2.05) is 36.7 Å². The van der Waals surface area contributed by atoms with E-state index in [0.29, 0.717) is 36.3 Å². The van der Waals surface area contributed by atoms with Gasteiger partial charge in [0.05, 0.1) is 25.3 Å². The average molecular weight is 566 g/mol. The predicted octanol–water partition coefficient (Wildman–Crippen LogP) is 5.44. The van der Waals surface area contributed by atoms with Crippen molar-refractivity contribution >= 4 is 11.6 Å². The first-order chi connectivity index (χ1) is 19.6. The minimum Gasteiger partial charge on any atom is -0.379 e. The van der Waals surface area contributed by atoms with Gasteiger partial charge in [-0.3, -0.25) is 9.69 Å². The molecule has 1 aliphatic carbocycles. The summed E-state index contributed by atoms with van der Waals surface area (Å²) in [6.45, 7) is 4.60. The summed E-state index contributed by atoms with van der Waals surface area (Å²) in [6, 6.07) is 10.3. The number of carbonyl (C=O) groups excluding carboxylic acids is 1. The van der Waals surface area contributed by atoms with Gasteiger partial charge in [-0.15, -0.1) is 10.2 Å². The van der Waals surface area contributed by atoms with Crippen molar-refractivity contribution in [2.24, 2.45) is 12.5 Å². The van der Waals surface area contributed by atoms with E-state index < -0.39 is 11.7 Å². The van der Waals surface area contributed by atoms with E-state index in [-0.39, 0.29) is 35.0 Å². The second kappa shape index (κ2) is 9.39. The highest BCUT2D eigenvalue weighted by Crippen LogP contribution is 2.54. The molecule has 1 aromatic heterocycles. The van der Waals surface area contributed by atoms with Gasteiger partial charge in [0.2, 0.25) is 0 Å². The van der Waals surface area contributed by atoms with E-state index >= 15 is 0 Å². The maximum atomic E-state index is 14.4. The molecule has 10 heteroatoms. The first-order valence-corrected chi connectivity index (χ1v) is 14.4. The van der Waals surface area contributed by atoms with Crippen LogP contribution in [0.1, 0.15) is 77.1 Å². The smallest absolute Gasteiger partial charge is 0.379 e. The van der Waals surface area contributed by atoms with Crippen molar-refractivity contribution in [1.82, 2.24) is 19.7 Å². The second-order valence-electron chi connectivity index (χ2n) is 12.6. The Bertz CT molecular complexity index is 1500. The van der Waals surface area contributed by atoms with Crippen LogP contribution < -0.4 is 4.90 Å². The molecule has 0 N–H and O–H groups in total. The van der Waals surface area contributed by atoms with Crippen molar-refractivity contribution in [3.63, 3.8) is 0 Å². The molecule has 7 nitrogen and oxygen atoms in total. The van der Waals surface area contributed by atoms with Gasteiger partial charge in [0.15, 0.2) is 0 Å². The van der Waals surface area contributed by atoms with Crippen LogP contribution in [0.2, 0.25) is 0 Å². The van der Waals surface area contributed by atoms with Gasteiger partial charge >= 0.3 is 6.18 Å². The first kappa shape index (κ1) is 26.6. The van der Waals surface area contributed by atoms with Crippen LogP contribution in [-0.2, 0) is 36.3 Å². The Morgan fingerprint density at radius 1 is 1.07 bits per heavy atom. The molecular formula is C31H34F3N5O2. The fourth-order valence-electron chi connectivity index (χ4n) is 6.90. The molecule has 3 fully saturated rings. The standard InChI is InChI=1S/C31H34F3N5O2/c1-20(38-10-8-29(6-7-29)9-11-38)21-12-24-25(26(13-21)31(32,33)34)16-39(28(24)40)23-5-3-4-22(14-23)30(17-41-18-30)15-27-36-35-19-37(27)2/h3-5,12-14,19-20H,6-11,15-18H2,1-2H3/t20-/m0/s1. The molecule has 0 bridgehead atoms. The van der Waals surface area contributed by atoms with Gasteiger partial charge in [0.1, 0.15) is 12.2 Å². The van der Waals surface area contributed by atoms with Crippen molar-refractivity contribution in [2.45, 2.75) is 63.2 Å². The number of benzene rings is 2. The molecule has 7 rings (SSSR count). The number of anilines is 1. The zero-order chi connectivity index (χ0) is 28.6. The topological polar surface area (TPSA) is 63.5 Å². The lowest BCUT2D eigenvalue weighted by Gasteiger charge is -2.42. The molecular weight excluding hydrogens is 531 g/mol. The molecule has 0 radical (unpaired) electrons. The van der Waals surface area contributed by atoms with Crippen molar-refractivity contribution < 1.29 is 22.7 Å². The molecule has 41 heavy (non-hydrogen) atoms. The van der Waals surface area contributed by atoms with Gasteiger partial charge in [-0.1, -0.05) is 12.1 Å². The quantitative estimate of drug-likeness (QED) is 0.398. The molecule has 2 saturated heterocycles. The van der Waals surface area contributed by atoms with Crippen LogP contribution in [0.15, 0.2) is 42.7 Å². The largest absolute Gasteiger partial charge is 0.416 e. The Labute approximate surface area is 237 Å². The third-order valence-electron chi connectivity index (χ3n) is 10.0. The fraction of sp³-hybridized carbons (Fsp3) is 0.516. The zero-order valence-electron chi connectivity index (χ0n) is 23.4. The molecule has 0 unspecified atom stereocenters. The molecule has 1 saturated carbocycles. The number of hydrogen-bond acceptors (Lipinski definition) is 5. The minimum absolute atomic E-state index is 0.0557. The van der Waals surface area contributed by atoms with Gasteiger partial charge in [-0.2, -0.15) is 13.2 Å². The number of ether oxygens (including phenoxy) is 1. The van der Waals surface area contributed by atoms with Gasteiger partial charge in [-0.05, 0) is 92.1 Å². The van der Waals surface area contributed by atoms with Crippen LogP contribution in [0.5, 0.6) is 0 Å². The van der Waals surface area contributed by atoms with Gasteiger partial charge in [0, 0.05) is 36.2 Å². The number of nitrogens with zero attached hydrogens (tertiary/aromatic N) is 5. The Morgan fingerprint density at radius 2 is 1.83 bits per heavy atom. The SMILES string of the molecule is C[C@@H](c1cc2c(c(C(F)(F)F)c1)CN(c1cccc(C3(Cc4nncn4C)COC3)c1)C2=O)N1CCC2(CC1)CC2. The van der Waals surface area contributed by atoms with E-state index in [0.717, 1.165) is 37.3 Å². The number of aromatic nitrogens is 3. The molecule has 1 atom stereocenters. The maximum absolute atomic E-state index is 14.4. The number of carbonyl (C=O) groups is 1. The van der Waals surface area contributed by atoms with Gasteiger partial charge < -0.3 is 14.2 Å². The van der Waals surface area contributed by atoms with E-state index in [4.69, 9.17) is 4.74 Å². The number of halogens is 3. The Hall–Kier alpha value is -3.24. The average Bonchev–Trinajstić information content (AvgIpc) is 3.42. The Morgan fingerprint density at radius 3 is 2.44 bits per heavy atom. The molecule has 1 amide bonds. The monoisotopic (exact) mass is 565 g/mol. The first-order valence-electron chi connectivity index (χ1n) is 14.4. The minimum atomic E-state index is -4.55. The van der Waals surface area contributed by atoms with Crippen LogP contribution >= 0.6 is 0 Å². The summed E-state index contributed by atoms with van der Waals surface area (Å²) in [4.78, 5) is 17.5. The van der Waals surface area contributed by atoms with E-state index in [1.54, 1.807) is 18.5 Å². The highest BCUT2D eigenvalue weighted by atomic mass is 19.4. The molecule has 216 valence electrons. The van der Waals surface area contributed by atoms with Crippen LogP contribution in [-0.4, -0.2) is 51.9 Å². The summed E-state index contributed by atoms with van der Waals surface area (Å²) >= 11 is 0. The molecule has 3 aromatic rings. The summed E-state index contributed by atoms with van der Waals surface area (Å²) in [7, 11) is 1.89. The summed E-state index contributed by atoms with van der Waals surface area (Å²) in [6.07, 6.45) is 2.44. The number of hydrogen-bond donors (Lipinski definition) is 0. The third kappa shape index (κ3) is 4.55. The number of aryl methyl sites for hydroxylation is 1. The number of alkyl halides is 3. The van der Waals surface area contributed by atoms with Crippen LogP contribution in [0.3, 0.4) is 0 Å². The second-order valence-corrected chi connectivity index (χ2v) is 12.6. The van der Waals surface area contributed by atoms with Gasteiger partial charge in [-0.25, -0.2) is 0 Å². The van der Waals surface area contributed by atoms with Crippen molar-refractivity contribution in [1.29, 1.82) is 0 Å². The third-order valence-corrected chi connectivity index (χ3v) is 10.0. The van der Waals surface area contributed by atoms with E-state index in [1.165, 1.54) is 23.8 Å². The van der Waals surface area contributed by atoms with Crippen molar-refractivity contribution in [2.75, 3.05) is 31.2 Å². The Balaban J connectivity index is 1.19. The maximum Gasteiger partial charge on any atom is 0.416 e. The summed E-state index contributed by atoms with van der Waals surface area (Å²) in [5.41, 5.74) is 1.77. The Kier molecular flexibility index (Phi) is 6.10. The van der Waals surface area contributed by atoms with E-state index in [9.17, 15) is 18.0 Å². The molecule has 4 heterocycles. The summed E-state index contributed by atoms with van der Waals surface area (Å²) < 4.78 is 50.7. The lowest BCUT2D eigenvalue weighted by atomic mass is 9.75. The van der Waals surface area contributed by atoms with Gasteiger partial charge in [0.25, 0.3) is 5.91 Å². The number of rotatable bonds is 6. The number of piperidine rings is 1. The molecule has 1 spiro atoms. The van der Waals surface area contributed by atoms with Crippen LogP contribution in [0.4, 0.5) is 18.9 Å². The lowest BCUT2D eigenvalue weighted by molar-refractivity contribution is -0.138. The summed E-state index contributed by atoms with van der Waals surface area (Å²) in [5, 5.41) is 8.21. The number of fused-ring (bicyclic) bond motifs is 1. The molecule has 2 aromatic carbocycles. The lowest BCUT2D eigenvalue weighted by Crippen LogP contribution is -2.49. The van der Waals surface area contributed by atoms with Crippen molar-refractivity contribution in [3.8, 4) is 0 Å². The molecule has 3 aliphatic heterocycles. The fourth-order valence-corrected chi connectivity index (χ4v) is 6.90. The van der Waals surface area contributed by atoms with Crippen LogP contribution in [0.25, 0.3) is 0 Å². The summed E-state index contributed by atoms with van der Waals surface area (Å²) in [5.74, 6) is 0.431. The normalized spacial score (nSPS) is 22.1.